The number of piperidine rings is 1. The number of likely N-dealkylation sites (tertiary alicyclic amines) is 1. The molecule has 1 N–H and O–H groups in total. The van der Waals surface area contributed by atoms with Crippen molar-refractivity contribution in [1.82, 2.24) is 10.2 Å². The van der Waals surface area contributed by atoms with Gasteiger partial charge >= 0.3 is 0 Å². The maximum atomic E-state index is 11.9. The highest BCUT2D eigenvalue weighted by atomic mass is 16.2. The summed E-state index contributed by atoms with van der Waals surface area (Å²) < 4.78 is 0. The zero-order valence-corrected chi connectivity index (χ0v) is 12.7. The maximum Gasteiger partial charge on any atom is 0.225 e. The molecule has 1 aliphatic heterocycles. The van der Waals surface area contributed by atoms with Crippen molar-refractivity contribution in [3.8, 4) is 0 Å². The number of hydrogen-bond donors (Lipinski definition) is 1. The quantitative estimate of drug-likeness (QED) is 0.797. The minimum absolute atomic E-state index is 0.145. The van der Waals surface area contributed by atoms with Crippen molar-refractivity contribution in [2.75, 3.05) is 13.1 Å². The second-order valence-corrected chi connectivity index (χ2v) is 6.61. The van der Waals surface area contributed by atoms with Gasteiger partial charge in [0.05, 0.1) is 0 Å². The molecule has 1 saturated carbocycles. The van der Waals surface area contributed by atoms with E-state index < -0.39 is 0 Å². The second kappa shape index (κ2) is 7.28. The Kier molecular flexibility index (Phi) is 5.68. The van der Waals surface area contributed by atoms with Crippen LogP contribution in [0.2, 0.25) is 0 Å². The molecule has 2 rings (SSSR count). The topological polar surface area (TPSA) is 32.3 Å². The first-order valence-electron chi connectivity index (χ1n) is 8.21. The molecule has 0 spiro atoms. The summed E-state index contributed by atoms with van der Waals surface area (Å²) in [6.45, 7) is 5.89. The smallest absolute Gasteiger partial charge is 0.225 e. The molecule has 0 aromatic rings. The first-order valence-corrected chi connectivity index (χ1v) is 8.21. The molecule has 0 atom stereocenters. The predicted molar refractivity (Wildman–Crippen MR) is 79.1 cm³/mol. The zero-order chi connectivity index (χ0) is 13.7. The Bertz CT molecular complexity index is 274. The Labute approximate surface area is 118 Å². The van der Waals surface area contributed by atoms with Gasteiger partial charge in [-0.3, -0.25) is 4.79 Å². The van der Waals surface area contributed by atoms with Crippen LogP contribution in [0, 0.1) is 5.92 Å². The zero-order valence-electron chi connectivity index (χ0n) is 12.7. The van der Waals surface area contributed by atoms with Gasteiger partial charge in [0, 0.05) is 31.1 Å². The standard InChI is InChI=1S/C16H30N2O/c1-13(2)16(19)18-11-9-15(10-12-18)17-14-7-5-3-4-6-8-14/h13-15,17H,3-12H2,1-2H3. The highest BCUT2D eigenvalue weighted by Gasteiger charge is 2.25. The van der Waals surface area contributed by atoms with E-state index in [1.807, 2.05) is 13.8 Å². The normalized spacial score (nSPS) is 23.6. The van der Waals surface area contributed by atoms with Crippen LogP contribution in [0.5, 0.6) is 0 Å². The minimum Gasteiger partial charge on any atom is -0.342 e. The molecule has 0 radical (unpaired) electrons. The van der Waals surface area contributed by atoms with E-state index in [1.54, 1.807) is 0 Å². The van der Waals surface area contributed by atoms with Gasteiger partial charge in [-0.15, -0.1) is 0 Å². The van der Waals surface area contributed by atoms with Gasteiger partial charge in [0.15, 0.2) is 0 Å². The summed E-state index contributed by atoms with van der Waals surface area (Å²) in [5.41, 5.74) is 0. The number of amides is 1. The molecule has 110 valence electrons. The number of rotatable bonds is 3. The van der Waals surface area contributed by atoms with Gasteiger partial charge in [0.2, 0.25) is 5.91 Å². The van der Waals surface area contributed by atoms with Gasteiger partial charge in [-0.1, -0.05) is 39.5 Å². The number of carbonyl (C=O) groups excluding carboxylic acids is 1. The van der Waals surface area contributed by atoms with Gasteiger partial charge in [-0.2, -0.15) is 0 Å². The highest BCUT2D eigenvalue weighted by molar-refractivity contribution is 5.78. The summed E-state index contributed by atoms with van der Waals surface area (Å²) in [5.74, 6) is 0.472. The van der Waals surface area contributed by atoms with E-state index in [0.29, 0.717) is 11.9 Å². The molecule has 0 bridgehead atoms. The van der Waals surface area contributed by atoms with Crippen molar-refractivity contribution in [2.24, 2.45) is 5.92 Å². The molecule has 0 aromatic carbocycles. The van der Waals surface area contributed by atoms with E-state index in [4.69, 9.17) is 0 Å². The molecule has 2 fully saturated rings. The summed E-state index contributed by atoms with van der Waals surface area (Å²) in [6.07, 6.45) is 10.6. The molecule has 19 heavy (non-hydrogen) atoms. The van der Waals surface area contributed by atoms with Crippen molar-refractivity contribution < 1.29 is 4.79 Å². The lowest BCUT2D eigenvalue weighted by atomic mass is 10.0. The summed E-state index contributed by atoms with van der Waals surface area (Å²) in [4.78, 5) is 14.0. The summed E-state index contributed by atoms with van der Waals surface area (Å²) >= 11 is 0. The van der Waals surface area contributed by atoms with Crippen molar-refractivity contribution in [3.63, 3.8) is 0 Å². The Balaban J connectivity index is 1.72. The van der Waals surface area contributed by atoms with Gasteiger partial charge < -0.3 is 10.2 Å². The van der Waals surface area contributed by atoms with E-state index in [2.05, 4.69) is 10.2 Å². The van der Waals surface area contributed by atoms with Crippen molar-refractivity contribution >= 4 is 5.91 Å². The molecule has 3 heteroatoms. The molecular weight excluding hydrogens is 236 g/mol. The first-order chi connectivity index (χ1) is 9.16. The lowest BCUT2D eigenvalue weighted by Crippen LogP contribution is -2.48. The molecule has 1 saturated heterocycles. The SMILES string of the molecule is CC(C)C(=O)N1CCC(NC2CCCCCC2)CC1. The number of hydrogen-bond acceptors (Lipinski definition) is 2. The van der Waals surface area contributed by atoms with Gasteiger partial charge in [0.25, 0.3) is 0 Å². The third kappa shape index (κ3) is 4.48. The molecule has 1 heterocycles. The number of nitrogens with zero attached hydrogens (tertiary/aromatic N) is 1. The lowest BCUT2D eigenvalue weighted by molar-refractivity contribution is -0.135. The van der Waals surface area contributed by atoms with E-state index in [-0.39, 0.29) is 5.92 Å². The fraction of sp³-hybridized carbons (Fsp3) is 0.938. The highest BCUT2D eigenvalue weighted by Crippen LogP contribution is 2.20. The summed E-state index contributed by atoms with van der Waals surface area (Å²) in [7, 11) is 0. The summed E-state index contributed by atoms with van der Waals surface area (Å²) in [6, 6.07) is 1.37. The Morgan fingerprint density at radius 2 is 1.47 bits per heavy atom. The van der Waals surface area contributed by atoms with Crippen LogP contribution in [0.1, 0.15) is 65.2 Å². The van der Waals surface area contributed by atoms with Gasteiger partial charge in [0.1, 0.15) is 0 Å². The van der Waals surface area contributed by atoms with E-state index in [0.717, 1.165) is 32.0 Å². The average molecular weight is 266 g/mol. The van der Waals surface area contributed by atoms with Crippen molar-refractivity contribution in [2.45, 2.75) is 77.3 Å². The van der Waals surface area contributed by atoms with Crippen molar-refractivity contribution in [3.05, 3.63) is 0 Å². The third-order valence-corrected chi connectivity index (χ3v) is 4.63. The van der Waals surface area contributed by atoms with Crippen molar-refractivity contribution in [1.29, 1.82) is 0 Å². The average Bonchev–Trinajstić information content (AvgIpc) is 2.67. The fourth-order valence-corrected chi connectivity index (χ4v) is 3.41. The van der Waals surface area contributed by atoms with E-state index in [1.165, 1.54) is 38.5 Å². The lowest BCUT2D eigenvalue weighted by Gasteiger charge is -2.35. The molecule has 3 nitrogen and oxygen atoms in total. The van der Waals surface area contributed by atoms with Crippen LogP contribution in [0.3, 0.4) is 0 Å². The van der Waals surface area contributed by atoms with E-state index >= 15 is 0 Å². The molecular formula is C16H30N2O. The van der Waals surface area contributed by atoms with Gasteiger partial charge in [-0.05, 0) is 25.7 Å². The van der Waals surface area contributed by atoms with E-state index in [9.17, 15) is 4.79 Å². The predicted octanol–water partition coefficient (Wildman–Crippen LogP) is 2.95. The minimum atomic E-state index is 0.145. The van der Waals surface area contributed by atoms with Crippen LogP contribution in [0.25, 0.3) is 0 Å². The monoisotopic (exact) mass is 266 g/mol. The summed E-state index contributed by atoms with van der Waals surface area (Å²) in [5, 5.41) is 3.85. The molecule has 0 aromatic heterocycles. The van der Waals surface area contributed by atoms with Crippen LogP contribution in [0.15, 0.2) is 0 Å². The molecule has 0 unspecified atom stereocenters. The van der Waals surface area contributed by atoms with Gasteiger partial charge in [-0.25, -0.2) is 0 Å². The van der Waals surface area contributed by atoms with Crippen LogP contribution >= 0.6 is 0 Å². The van der Waals surface area contributed by atoms with Crippen LogP contribution in [0.4, 0.5) is 0 Å². The molecule has 2 aliphatic rings. The molecule has 1 aliphatic carbocycles. The fourth-order valence-electron chi connectivity index (χ4n) is 3.41. The third-order valence-electron chi connectivity index (χ3n) is 4.63. The largest absolute Gasteiger partial charge is 0.342 e. The Hall–Kier alpha value is -0.570. The van der Waals surface area contributed by atoms with Crippen LogP contribution in [-0.2, 0) is 4.79 Å². The Morgan fingerprint density at radius 3 is 2.00 bits per heavy atom. The Morgan fingerprint density at radius 1 is 0.947 bits per heavy atom. The number of nitrogens with one attached hydrogen (secondary N) is 1. The van der Waals surface area contributed by atoms with Crippen LogP contribution < -0.4 is 5.32 Å². The van der Waals surface area contributed by atoms with Crippen LogP contribution in [-0.4, -0.2) is 36.0 Å². The number of carbonyl (C=O) groups is 1. The first kappa shape index (κ1) is 14.8. The maximum absolute atomic E-state index is 11.9. The second-order valence-electron chi connectivity index (χ2n) is 6.61. The molecule has 1 amide bonds.